The molecule has 0 aliphatic rings. The molecule has 3 aromatic heterocycles. The summed E-state index contributed by atoms with van der Waals surface area (Å²) in [5.74, 6) is -0.0830. The Hall–Kier alpha value is -3.06. The van der Waals surface area contributed by atoms with Crippen LogP contribution in [0.2, 0.25) is 0 Å². The molecule has 30 heavy (non-hydrogen) atoms. The predicted octanol–water partition coefficient (Wildman–Crippen LogP) is 4.64. The molecule has 0 spiro atoms. The number of rotatable bonds is 8. The number of nitrogens with zero attached hydrogens (tertiary/aromatic N) is 4. The first-order valence-electron chi connectivity index (χ1n) is 10.3. The monoisotopic (exact) mass is 419 g/mol. The Morgan fingerprint density at radius 2 is 2.00 bits per heavy atom. The highest BCUT2D eigenvalue weighted by Gasteiger charge is 2.17. The maximum atomic E-state index is 13.0. The molecular formula is C23H25N5OS. The van der Waals surface area contributed by atoms with Gasteiger partial charge in [-0.15, -0.1) is 11.3 Å². The number of pyridine rings is 1. The van der Waals surface area contributed by atoms with E-state index < -0.39 is 0 Å². The number of nitrogens with one attached hydrogen (secondary N) is 1. The molecule has 0 saturated carbocycles. The van der Waals surface area contributed by atoms with Crippen LogP contribution in [-0.4, -0.2) is 32.2 Å². The fourth-order valence-corrected chi connectivity index (χ4v) is 4.26. The van der Waals surface area contributed by atoms with Crippen LogP contribution in [0.3, 0.4) is 0 Å². The second-order valence-electron chi connectivity index (χ2n) is 7.21. The van der Waals surface area contributed by atoms with Gasteiger partial charge in [-0.25, -0.2) is 14.6 Å². The number of hydrogen-bond donors (Lipinski definition) is 1. The van der Waals surface area contributed by atoms with Crippen molar-refractivity contribution < 1.29 is 4.79 Å². The molecule has 0 saturated heterocycles. The number of aryl methyl sites for hydroxylation is 3. The number of aromatic nitrogens is 4. The summed E-state index contributed by atoms with van der Waals surface area (Å²) in [6, 6.07) is 11.8. The fraction of sp³-hybridized carbons (Fsp3) is 0.304. The maximum Gasteiger partial charge on any atom is 0.252 e. The molecule has 7 heteroatoms. The summed E-state index contributed by atoms with van der Waals surface area (Å²) in [6.07, 6.45) is 4.61. The lowest BCUT2D eigenvalue weighted by Crippen LogP contribution is -2.25. The highest BCUT2D eigenvalue weighted by Crippen LogP contribution is 2.25. The number of carbonyl (C=O) groups excluding carboxylic acids is 1. The van der Waals surface area contributed by atoms with E-state index in [4.69, 9.17) is 4.98 Å². The normalized spacial score (nSPS) is 11.1. The van der Waals surface area contributed by atoms with Gasteiger partial charge < -0.3 is 5.32 Å². The standard InChI is InChI=1S/C23H25N5OS/c1-3-28-22-19(14-25-28)18(13-20(27-22)17-9-5-4-6-10-17)23(29)24-12-8-7-11-21-26-16(2)15-30-21/h4-6,9-10,13-15H,3,7-8,11-12H2,1-2H3,(H,24,29). The zero-order valence-corrected chi connectivity index (χ0v) is 18.1. The number of carbonyl (C=O) groups is 1. The summed E-state index contributed by atoms with van der Waals surface area (Å²) in [5.41, 5.74) is 4.20. The third-order valence-corrected chi connectivity index (χ3v) is 6.02. The van der Waals surface area contributed by atoms with Crippen molar-refractivity contribution in [2.75, 3.05) is 6.54 Å². The summed E-state index contributed by atoms with van der Waals surface area (Å²) in [5, 5.41) is 11.5. The molecule has 0 aliphatic heterocycles. The molecule has 4 rings (SSSR count). The van der Waals surface area contributed by atoms with Gasteiger partial charge in [0.2, 0.25) is 0 Å². The number of hydrogen-bond acceptors (Lipinski definition) is 5. The van der Waals surface area contributed by atoms with E-state index in [0.29, 0.717) is 18.7 Å². The lowest BCUT2D eigenvalue weighted by atomic mass is 10.1. The first-order valence-corrected chi connectivity index (χ1v) is 11.1. The minimum atomic E-state index is -0.0830. The second kappa shape index (κ2) is 9.17. The van der Waals surface area contributed by atoms with Gasteiger partial charge in [-0.05, 0) is 39.2 Å². The summed E-state index contributed by atoms with van der Waals surface area (Å²) in [7, 11) is 0. The van der Waals surface area contributed by atoms with Gasteiger partial charge in [0.15, 0.2) is 5.65 Å². The topological polar surface area (TPSA) is 72.7 Å². The Morgan fingerprint density at radius 1 is 1.17 bits per heavy atom. The first-order chi connectivity index (χ1) is 14.7. The second-order valence-corrected chi connectivity index (χ2v) is 8.16. The van der Waals surface area contributed by atoms with Crippen molar-refractivity contribution >= 4 is 28.3 Å². The molecule has 0 unspecified atom stereocenters. The third-order valence-electron chi connectivity index (χ3n) is 4.99. The molecule has 4 aromatic rings. The van der Waals surface area contributed by atoms with Gasteiger partial charge in [-0.3, -0.25) is 4.79 Å². The van der Waals surface area contributed by atoms with Crippen molar-refractivity contribution in [2.45, 2.75) is 39.7 Å². The average molecular weight is 420 g/mol. The highest BCUT2D eigenvalue weighted by molar-refractivity contribution is 7.09. The molecule has 1 N–H and O–H groups in total. The van der Waals surface area contributed by atoms with Gasteiger partial charge in [0.05, 0.1) is 27.8 Å². The molecular weight excluding hydrogens is 394 g/mol. The smallest absolute Gasteiger partial charge is 0.252 e. The van der Waals surface area contributed by atoms with Crippen LogP contribution >= 0.6 is 11.3 Å². The Morgan fingerprint density at radius 3 is 2.73 bits per heavy atom. The number of unbranched alkanes of at least 4 members (excludes halogenated alkanes) is 1. The molecule has 0 aliphatic carbocycles. The van der Waals surface area contributed by atoms with Gasteiger partial charge >= 0.3 is 0 Å². The van der Waals surface area contributed by atoms with E-state index in [1.807, 2.05) is 54.9 Å². The van der Waals surface area contributed by atoms with E-state index in [1.165, 1.54) is 0 Å². The molecule has 6 nitrogen and oxygen atoms in total. The SMILES string of the molecule is CCn1ncc2c(C(=O)NCCCCc3nc(C)cs3)cc(-c3ccccc3)nc21. The fourth-order valence-electron chi connectivity index (χ4n) is 3.44. The van der Waals surface area contributed by atoms with Crippen molar-refractivity contribution in [2.24, 2.45) is 0 Å². The Labute approximate surface area is 180 Å². The molecule has 154 valence electrons. The van der Waals surface area contributed by atoms with Crippen LogP contribution in [0.5, 0.6) is 0 Å². The van der Waals surface area contributed by atoms with Crippen molar-refractivity contribution in [3.05, 3.63) is 64.2 Å². The Bertz CT molecular complexity index is 1150. The van der Waals surface area contributed by atoms with Crippen LogP contribution in [-0.2, 0) is 13.0 Å². The summed E-state index contributed by atoms with van der Waals surface area (Å²) < 4.78 is 1.83. The van der Waals surface area contributed by atoms with Crippen molar-refractivity contribution in [1.82, 2.24) is 25.1 Å². The van der Waals surface area contributed by atoms with Gasteiger partial charge in [0, 0.05) is 29.7 Å². The van der Waals surface area contributed by atoms with Gasteiger partial charge in [-0.2, -0.15) is 5.10 Å². The van der Waals surface area contributed by atoms with E-state index in [-0.39, 0.29) is 5.91 Å². The minimum absolute atomic E-state index is 0.0830. The van der Waals surface area contributed by atoms with Crippen LogP contribution < -0.4 is 5.32 Å². The molecule has 1 aromatic carbocycles. The predicted molar refractivity (Wildman–Crippen MR) is 121 cm³/mol. The quantitative estimate of drug-likeness (QED) is 0.423. The van der Waals surface area contributed by atoms with Crippen molar-refractivity contribution in [3.63, 3.8) is 0 Å². The zero-order chi connectivity index (χ0) is 20.9. The van der Waals surface area contributed by atoms with E-state index in [2.05, 4.69) is 20.8 Å². The minimum Gasteiger partial charge on any atom is -0.352 e. The highest BCUT2D eigenvalue weighted by atomic mass is 32.1. The van der Waals surface area contributed by atoms with Crippen LogP contribution in [0.1, 0.15) is 40.8 Å². The largest absolute Gasteiger partial charge is 0.352 e. The summed E-state index contributed by atoms with van der Waals surface area (Å²) in [4.78, 5) is 22.3. The molecule has 3 heterocycles. The van der Waals surface area contributed by atoms with Gasteiger partial charge in [0.25, 0.3) is 5.91 Å². The number of fused-ring (bicyclic) bond motifs is 1. The van der Waals surface area contributed by atoms with E-state index in [1.54, 1.807) is 17.5 Å². The zero-order valence-electron chi connectivity index (χ0n) is 17.3. The number of thiazole rings is 1. The number of amides is 1. The lowest BCUT2D eigenvalue weighted by Gasteiger charge is -2.09. The first kappa shape index (κ1) is 20.2. The van der Waals surface area contributed by atoms with Crippen molar-refractivity contribution in [1.29, 1.82) is 0 Å². The van der Waals surface area contributed by atoms with E-state index in [9.17, 15) is 4.79 Å². The van der Waals surface area contributed by atoms with E-state index in [0.717, 1.165) is 52.3 Å². The Kier molecular flexibility index (Phi) is 6.18. The van der Waals surface area contributed by atoms with E-state index >= 15 is 0 Å². The van der Waals surface area contributed by atoms with Crippen LogP contribution in [0.25, 0.3) is 22.3 Å². The molecule has 0 radical (unpaired) electrons. The van der Waals surface area contributed by atoms with Gasteiger partial charge in [-0.1, -0.05) is 30.3 Å². The average Bonchev–Trinajstić information content (AvgIpc) is 3.38. The van der Waals surface area contributed by atoms with Crippen LogP contribution in [0, 0.1) is 6.92 Å². The van der Waals surface area contributed by atoms with Gasteiger partial charge in [0.1, 0.15) is 0 Å². The van der Waals surface area contributed by atoms with Crippen LogP contribution in [0.4, 0.5) is 0 Å². The van der Waals surface area contributed by atoms with Crippen molar-refractivity contribution in [3.8, 4) is 11.3 Å². The Balaban J connectivity index is 1.49. The number of benzene rings is 1. The third kappa shape index (κ3) is 4.41. The summed E-state index contributed by atoms with van der Waals surface area (Å²) >= 11 is 1.70. The lowest BCUT2D eigenvalue weighted by molar-refractivity contribution is 0.0954. The molecule has 0 bridgehead atoms. The molecule has 0 fully saturated rings. The molecule has 0 atom stereocenters. The summed E-state index contributed by atoms with van der Waals surface area (Å²) in [6.45, 7) is 5.37. The maximum absolute atomic E-state index is 13.0. The van der Waals surface area contributed by atoms with Crippen LogP contribution in [0.15, 0.2) is 48.0 Å². The molecule has 1 amide bonds.